The van der Waals surface area contributed by atoms with Gasteiger partial charge in [-0.15, -0.1) is 0 Å². The van der Waals surface area contributed by atoms with E-state index in [1.165, 1.54) is 0 Å². The van der Waals surface area contributed by atoms with Crippen LogP contribution in [-0.4, -0.2) is 38.1 Å². The van der Waals surface area contributed by atoms with Gasteiger partial charge in [-0.05, 0) is 5.57 Å². The van der Waals surface area contributed by atoms with Crippen LogP contribution < -0.4 is 5.11 Å². The Hall–Kier alpha value is -0.540. The van der Waals surface area contributed by atoms with E-state index in [0.29, 0.717) is 10.9 Å². The van der Waals surface area contributed by atoms with Gasteiger partial charge in [-0.1, -0.05) is 11.6 Å². The third kappa shape index (κ3) is 5.16. The van der Waals surface area contributed by atoms with Gasteiger partial charge in [0, 0.05) is 12.0 Å². The Kier molecular flexibility index (Phi) is 4.28. The lowest BCUT2D eigenvalue weighted by atomic mass is 10.2. The molecule has 3 nitrogen and oxygen atoms in total. The Bertz CT molecular complexity index is 194. The average Bonchev–Trinajstić information content (AvgIpc) is 1.85. The molecule has 0 rings (SSSR count). The molecule has 0 unspecified atom stereocenters. The Labute approximate surface area is 77.8 Å². The maximum Gasteiger partial charge on any atom is 0.0822 e. The zero-order valence-electron chi connectivity index (χ0n) is 7.63. The number of halogens is 1. The number of aliphatic carboxylic acids is 1. The summed E-state index contributed by atoms with van der Waals surface area (Å²) in [4.78, 5) is 10.4. The summed E-state index contributed by atoms with van der Waals surface area (Å²) in [7, 11) is 5.96. The number of carbonyl (C=O) groups is 1. The number of rotatable bonds is 4. The Morgan fingerprint density at radius 3 is 2.25 bits per heavy atom. The number of hydrogen-bond donors (Lipinski definition) is 0. The van der Waals surface area contributed by atoms with E-state index in [0.717, 1.165) is 12.1 Å². The second-order valence-corrected chi connectivity index (χ2v) is 3.90. The summed E-state index contributed by atoms with van der Waals surface area (Å²) < 4.78 is 0.710. The molecule has 0 aromatic carbocycles. The molecule has 12 heavy (non-hydrogen) atoms. The fourth-order valence-corrected chi connectivity index (χ4v) is 0.855. The van der Waals surface area contributed by atoms with Crippen molar-refractivity contribution in [3.05, 3.63) is 11.1 Å². The van der Waals surface area contributed by atoms with Crippen molar-refractivity contribution in [1.82, 2.24) is 0 Å². The van der Waals surface area contributed by atoms with Gasteiger partial charge in [-0.2, -0.15) is 0 Å². The molecular formula is C8H14ClNO2. The lowest BCUT2D eigenvalue weighted by Gasteiger charge is -2.24. The number of carboxylic acid groups (broad SMARTS) is 1. The van der Waals surface area contributed by atoms with Gasteiger partial charge in [0.05, 0.1) is 33.7 Å². The van der Waals surface area contributed by atoms with Crippen LogP contribution in [-0.2, 0) is 4.79 Å². The second kappa shape index (κ2) is 4.48. The predicted octanol–water partition coefficient (Wildman–Crippen LogP) is -0.0447. The van der Waals surface area contributed by atoms with E-state index in [1.807, 2.05) is 21.1 Å². The van der Waals surface area contributed by atoms with Crippen molar-refractivity contribution in [2.24, 2.45) is 0 Å². The minimum Gasteiger partial charge on any atom is -0.545 e. The summed E-state index contributed by atoms with van der Waals surface area (Å²) in [6, 6.07) is 0. The number of hydrogen-bond acceptors (Lipinski definition) is 2. The van der Waals surface area contributed by atoms with Crippen molar-refractivity contribution in [2.45, 2.75) is 6.42 Å². The first-order chi connectivity index (χ1) is 5.37. The first-order valence-corrected chi connectivity index (χ1v) is 4.11. The molecule has 0 aromatic rings. The van der Waals surface area contributed by atoms with Gasteiger partial charge < -0.3 is 14.4 Å². The molecule has 0 saturated carbocycles. The zero-order valence-corrected chi connectivity index (χ0v) is 8.39. The normalized spacial score (nSPS) is 13.2. The summed E-state index contributed by atoms with van der Waals surface area (Å²) in [6.45, 7) is 0.729. The lowest BCUT2D eigenvalue weighted by Crippen LogP contribution is -2.36. The van der Waals surface area contributed by atoms with Crippen LogP contribution in [0.15, 0.2) is 11.1 Å². The largest absolute Gasteiger partial charge is 0.545 e. The van der Waals surface area contributed by atoms with E-state index in [2.05, 4.69) is 0 Å². The van der Waals surface area contributed by atoms with E-state index in [4.69, 9.17) is 11.6 Å². The zero-order chi connectivity index (χ0) is 9.78. The Morgan fingerprint density at radius 1 is 1.50 bits per heavy atom. The van der Waals surface area contributed by atoms with Crippen molar-refractivity contribution < 1.29 is 14.4 Å². The van der Waals surface area contributed by atoms with E-state index in [1.54, 1.807) is 0 Å². The maximum absolute atomic E-state index is 10.4. The molecule has 0 amide bonds. The minimum atomic E-state index is -1.18. The molecule has 70 valence electrons. The Balaban J connectivity index is 4.00. The lowest BCUT2D eigenvalue weighted by molar-refractivity contribution is -0.870. The molecule has 4 heteroatoms. The molecular weight excluding hydrogens is 178 g/mol. The molecule has 0 aliphatic rings. The molecule has 0 aliphatic carbocycles. The maximum atomic E-state index is 10.4. The van der Waals surface area contributed by atoms with Gasteiger partial charge in [0.2, 0.25) is 0 Å². The summed E-state index contributed by atoms with van der Waals surface area (Å²) in [6.07, 6.45) is 0.440. The highest BCUT2D eigenvalue weighted by molar-refractivity contribution is 6.27. The molecule has 0 radical (unpaired) electrons. The smallest absolute Gasteiger partial charge is 0.0822 e. The van der Waals surface area contributed by atoms with Gasteiger partial charge in [0.25, 0.3) is 0 Å². The van der Waals surface area contributed by atoms with E-state index >= 15 is 0 Å². The molecule has 0 aliphatic heterocycles. The number of quaternary nitrogens is 1. The highest BCUT2D eigenvalue weighted by Crippen LogP contribution is 2.05. The minimum absolute atomic E-state index is 0.157. The Morgan fingerprint density at radius 2 is 2.00 bits per heavy atom. The van der Waals surface area contributed by atoms with Crippen LogP contribution in [0.3, 0.4) is 0 Å². The SMILES string of the molecule is C[N+](C)(C)CCC(=CCl)C(=O)[O-]. The van der Waals surface area contributed by atoms with Gasteiger partial charge in [0.1, 0.15) is 0 Å². The molecule has 0 fully saturated rings. The van der Waals surface area contributed by atoms with Gasteiger partial charge in [0.15, 0.2) is 0 Å². The average molecular weight is 192 g/mol. The van der Waals surface area contributed by atoms with Crippen LogP contribution in [0.5, 0.6) is 0 Å². The van der Waals surface area contributed by atoms with Crippen LogP contribution in [0.25, 0.3) is 0 Å². The monoisotopic (exact) mass is 191 g/mol. The van der Waals surface area contributed by atoms with Crippen molar-refractivity contribution >= 4 is 17.6 Å². The van der Waals surface area contributed by atoms with Gasteiger partial charge in [-0.25, -0.2) is 0 Å². The fraction of sp³-hybridized carbons (Fsp3) is 0.625. The second-order valence-electron chi connectivity index (χ2n) is 3.69. The van der Waals surface area contributed by atoms with Gasteiger partial charge in [-0.3, -0.25) is 0 Å². The van der Waals surface area contributed by atoms with E-state index in [9.17, 15) is 9.90 Å². The third-order valence-corrected chi connectivity index (χ3v) is 1.71. The van der Waals surface area contributed by atoms with Crippen LogP contribution in [0.2, 0.25) is 0 Å². The third-order valence-electron chi connectivity index (χ3n) is 1.45. The number of nitrogens with zero attached hydrogens (tertiary/aromatic N) is 1. The summed E-state index contributed by atoms with van der Waals surface area (Å²) >= 11 is 5.30. The standard InChI is InChI=1S/C8H14ClNO2/c1-10(2,3)5-4-7(6-9)8(11)12/h6H,4-5H2,1-3H3. The highest BCUT2D eigenvalue weighted by atomic mass is 35.5. The number of carboxylic acids is 1. The quantitative estimate of drug-likeness (QED) is 0.462. The van der Waals surface area contributed by atoms with E-state index < -0.39 is 5.97 Å². The van der Waals surface area contributed by atoms with Gasteiger partial charge >= 0.3 is 0 Å². The molecule has 0 spiro atoms. The first kappa shape index (κ1) is 11.5. The molecule has 0 bridgehead atoms. The summed E-state index contributed by atoms with van der Waals surface area (Å²) in [5, 5.41) is 10.4. The molecule has 0 N–H and O–H groups in total. The van der Waals surface area contributed by atoms with E-state index in [-0.39, 0.29) is 5.57 Å². The topological polar surface area (TPSA) is 40.1 Å². The number of carbonyl (C=O) groups excluding carboxylic acids is 1. The molecule has 0 aromatic heterocycles. The van der Waals surface area contributed by atoms with Crippen LogP contribution in [0.1, 0.15) is 6.42 Å². The highest BCUT2D eigenvalue weighted by Gasteiger charge is 2.08. The fourth-order valence-electron chi connectivity index (χ4n) is 0.657. The first-order valence-electron chi connectivity index (χ1n) is 3.68. The summed E-state index contributed by atoms with van der Waals surface area (Å²) in [5.41, 5.74) is 1.23. The molecule has 0 atom stereocenters. The van der Waals surface area contributed by atoms with Crippen molar-refractivity contribution in [2.75, 3.05) is 27.7 Å². The predicted molar refractivity (Wildman–Crippen MR) is 46.5 cm³/mol. The van der Waals surface area contributed by atoms with Crippen molar-refractivity contribution in [3.8, 4) is 0 Å². The van der Waals surface area contributed by atoms with Crippen molar-refractivity contribution in [3.63, 3.8) is 0 Å². The van der Waals surface area contributed by atoms with Crippen molar-refractivity contribution in [1.29, 1.82) is 0 Å². The molecule has 0 heterocycles. The molecule has 0 saturated heterocycles. The summed E-state index contributed by atoms with van der Waals surface area (Å²) in [5.74, 6) is -1.18. The van der Waals surface area contributed by atoms with Crippen LogP contribution in [0, 0.1) is 0 Å². The van der Waals surface area contributed by atoms with Crippen LogP contribution in [0.4, 0.5) is 0 Å². The van der Waals surface area contributed by atoms with Crippen LogP contribution >= 0.6 is 11.6 Å².